The summed E-state index contributed by atoms with van der Waals surface area (Å²) in [6.07, 6.45) is 4.17. The number of anilines is 1. The summed E-state index contributed by atoms with van der Waals surface area (Å²) in [5.74, 6) is -1.17. The molecule has 0 radical (unpaired) electrons. The molecule has 2 N–H and O–H groups in total. The number of hydrogen-bond donors (Lipinski definition) is 2. The van der Waals surface area contributed by atoms with Crippen LogP contribution < -0.4 is 10.6 Å². The van der Waals surface area contributed by atoms with Crippen molar-refractivity contribution in [1.29, 1.82) is 0 Å². The van der Waals surface area contributed by atoms with Gasteiger partial charge in [-0.05, 0) is 24.3 Å². The molecular formula is C18H20N2O4S2. The number of thiophene rings is 2. The number of nitrogens with one attached hydrogen (secondary N) is 2. The Bertz CT molecular complexity index is 792. The molecule has 2 aromatic rings. The fourth-order valence-electron chi connectivity index (χ4n) is 2.97. The monoisotopic (exact) mass is 392 g/mol. The van der Waals surface area contributed by atoms with Crippen LogP contribution in [0, 0.1) is 0 Å². The van der Waals surface area contributed by atoms with Gasteiger partial charge in [0.1, 0.15) is 10.6 Å². The lowest BCUT2D eigenvalue weighted by molar-refractivity contribution is -0.124. The molecule has 8 heteroatoms. The van der Waals surface area contributed by atoms with Gasteiger partial charge in [-0.25, -0.2) is 4.79 Å². The summed E-state index contributed by atoms with van der Waals surface area (Å²) in [5, 5.41) is 9.71. The van der Waals surface area contributed by atoms with Crippen molar-refractivity contribution in [3.05, 3.63) is 28.5 Å². The molecule has 1 aliphatic carbocycles. The van der Waals surface area contributed by atoms with Gasteiger partial charge in [0.15, 0.2) is 6.61 Å². The van der Waals surface area contributed by atoms with Crippen molar-refractivity contribution in [2.24, 2.45) is 0 Å². The molecule has 1 fully saturated rings. The van der Waals surface area contributed by atoms with E-state index in [1.807, 2.05) is 22.9 Å². The second-order valence-electron chi connectivity index (χ2n) is 6.14. The summed E-state index contributed by atoms with van der Waals surface area (Å²) < 4.78 is 5.23. The first-order valence-corrected chi connectivity index (χ1v) is 10.2. The van der Waals surface area contributed by atoms with E-state index in [0.717, 1.165) is 30.6 Å². The fourth-order valence-corrected chi connectivity index (χ4v) is 4.79. The van der Waals surface area contributed by atoms with Gasteiger partial charge in [0.05, 0.1) is 0 Å². The topological polar surface area (TPSA) is 84.5 Å². The summed E-state index contributed by atoms with van der Waals surface area (Å²) >= 11 is 2.76. The van der Waals surface area contributed by atoms with Gasteiger partial charge in [-0.15, -0.1) is 22.7 Å². The number of hydrogen-bond acceptors (Lipinski definition) is 6. The van der Waals surface area contributed by atoms with Gasteiger partial charge < -0.3 is 15.4 Å². The Hall–Kier alpha value is -2.19. The molecule has 0 spiro atoms. The molecule has 1 aliphatic rings. The van der Waals surface area contributed by atoms with Gasteiger partial charge in [0.2, 0.25) is 5.91 Å². The third kappa shape index (κ3) is 4.50. The third-order valence-corrected chi connectivity index (χ3v) is 5.92. The Morgan fingerprint density at radius 3 is 2.65 bits per heavy atom. The second-order valence-corrected chi connectivity index (χ2v) is 7.96. The maximum atomic E-state index is 12.6. The zero-order valence-electron chi connectivity index (χ0n) is 14.4. The van der Waals surface area contributed by atoms with Gasteiger partial charge in [-0.2, -0.15) is 0 Å². The van der Waals surface area contributed by atoms with Crippen molar-refractivity contribution in [2.75, 3.05) is 11.9 Å². The number of amides is 2. The van der Waals surface area contributed by atoms with E-state index in [1.165, 1.54) is 29.6 Å². The molecule has 0 aliphatic heterocycles. The second kappa shape index (κ2) is 8.46. The van der Waals surface area contributed by atoms with Crippen LogP contribution in [0.25, 0.3) is 10.4 Å². The van der Waals surface area contributed by atoms with Crippen molar-refractivity contribution < 1.29 is 19.1 Å². The normalized spacial score (nSPS) is 14.2. The first-order valence-electron chi connectivity index (χ1n) is 8.44. The Labute approximate surface area is 159 Å². The molecule has 1 saturated carbocycles. The van der Waals surface area contributed by atoms with Gasteiger partial charge in [0.25, 0.3) is 5.91 Å². The first-order chi connectivity index (χ1) is 12.5. The third-order valence-electron chi connectivity index (χ3n) is 4.13. The zero-order valence-corrected chi connectivity index (χ0v) is 16.0. The minimum Gasteiger partial charge on any atom is -0.452 e. The minimum atomic E-state index is -0.611. The van der Waals surface area contributed by atoms with E-state index in [0.29, 0.717) is 16.1 Å². The number of ether oxygens (including phenoxy) is 1. The van der Waals surface area contributed by atoms with Crippen molar-refractivity contribution in [3.8, 4) is 10.4 Å². The molecule has 6 nitrogen and oxygen atoms in total. The van der Waals surface area contributed by atoms with Crippen LogP contribution in [0.4, 0.5) is 5.00 Å². The summed E-state index contributed by atoms with van der Waals surface area (Å²) in [4.78, 5) is 36.9. The number of esters is 1. The highest BCUT2D eigenvalue weighted by molar-refractivity contribution is 7.17. The van der Waals surface area contributed by atoms with Crippen molar-refractivity contribution in [2.45, 2.75) is 38.6 Å². The molecule has 2 heterocycles. The standard InChI is InChI=1S/C18H20N2O4S2/c1-11(21)19-17-16(13(10-26-17)14-7-4-8-25-14)18(23)24-9-15(22)20-12-5-2-3-6-12/h4,7-8,10,12H,2-3,5-6,9H2,1H3,(H,19,21)(H,20,22). The quantitative estimate of drug-likeness (QED) is 0.735. The van der Waals surface area contributed by atoms with Crippen molar-refractivity contribution in [3.63, 3.8) is 0 Å². The average molecular weight is 393 g/mol. The molecule has 0 bridgehead atoms. The van der Waals surface area contributed by atoms with E-state index in [4.69, 9.17) is 4.74 Å². The molecule has 26 heavy (non-hydrogen) atoms. The lowest BCUT2D eigenvalue weighted by Crippen LogP contribution is -2.36. The molecule has 0 unspecified atom stereocenters. The van der Waals surface area contributed by atoms with Crippen LogP contribution >= 0.6 is 22.7 Å². The molecule has 0 atom stereocenters. The van der Waals surface area contributed by atoms with Crippen LogP contribution in [0.1, 0.15) is 43.0 Å². The smallest absolute Gasteiger partial charge is 0.342 e. The Balaban J connectivity index is 1.71. The van der Waals surface area contributed by atoms with Crippen LogP contribution in [-0.4, -0.2) is 30.4 Å². The van der Waals surface area contributed by atoms with Crippen molar-refractivity contribution >= 4 is 45.5 Å². The van der Waals surface area contributed by atoms with E-state index >= 15 is 0 Å². The Kier molecular flexibility index (Phi) is 6.05. The molecule has 2 aromatic heterocycles. The van der Waals surface area contributed by atoms with Crippen LogP contribution in [-0.2, 0) is 14.3 Å². The molecule has 0 saturated heterocycles. The summed E-state index contributed by atoms with van der Waals surface area (Å²) in [6, 6.07) is 3.97. The number of carbonyl (C=O) groups excluding carboxylic acids is 3. The highest BCUT2D eigenvalue weighted by Crippen LogP contribution is 2.38. The minimum absolute atomic E-state index is 0.180. The van der Waals surface area contributed by atoms with Crippen LogP contribution in [0.2, 0.25) is 0 Å². The number of rotatable bonds is 6. The van der Waals surface area contributed by atoms with Gasteiger partial charge in [-0.1, -0.05) is 18.9 Å². The van der Waals surface area contributed by atoms with Gasteiger partial charge >= 0.3 is 5.97 Å². The van der Waals surface area contributed by atoms with Crippen molar-refractivity contribution in [1.82, 2.24) is 5.32 Å². The highest BCUT2D eigenvalue weighted by Gasteiger charge is 2.24. The first kappa shape index (κ1) is 18.6. The highest BCUT2D eigenvalue weighted by atomic mass is 32.1. The fraction of sp³-hybridized carbons (Fsp3) is 0.389. The summed E-state index contributed by atoms with van der Waals surface area (Å²) in [7, 11) is 0. The lowest BCUT2D eigenvalue weighted by atomic mass is 10.1. The molecule has 0 aromatic carbocycles. The van der Waals surface area contributed by atoms with E-state index in [2.05, 4.69) is 10.6 Å². The maximum Gasteiger partial charge on any atom is 0.342 e. The largest absolute Gasteiger partial charge is 0.452 e. The van der Waals surface area contributed by atoms with Gasteiger partial charge in [0, 0.05) is 28.8 Å². The molecule has 3 rings (SSSR count). The zero-order chi connectivity index (χ0) is 18.5. The maximum absolute atomic E-state index is 12.6. The van der Waals surface area contributed by atoms with Crippen LogP contribution in [0.15, 0.2) is 22.9 Å². The lowest BCUT2D eigenvalue weighted by Gasteiger charge is -2.12. The molecular weight excluding hydrogens is 372 g/mol. The van der Waals surface area contributed by atoms with Crippen LogP contribution in [0.3, 0.4) is 0 Å². The SMILES string of the molecule is CC(=O)Nc1scc(-c2cccs2)c1C(=O)OCC(=O)NC1CCCC1. The Morgan fingerprint density at radius 1 is 1.23 bits per heavy atom. The summed E-state index contributed by atoms with van der Waals surface area (Å²) in [6.45, 7) is 1.06. The van der Waals surface area contributed by atoms with E-state index in [9.17, 15) is 14.4 Å². The predicted octanol–water partition coefficient (Wildman–Crippen LogP) is 3.65. The van der Waals surface area contributed by atoms with E-state index in [1.54, 1.807) is 0 Å². The predicted molar refractivity (Wildman–Crippen MR) is 103 cm³/mol. The average Bonchev–Trinajstić information content (AvgIpc) is 3.33. The van der Waals surface area contributed by atoms with E-state index < -0.39 is 5.97 Å². The Morgan fingerprint density at radius 2 is 2.00 bits per heavy atom. The summed E-state index contributed by atoms with van der Waals surface area (Å²) in [5.41, 5.74) is 0.997. The number of carbonyl (C=O) groups is 3. The molecule has 138 valence electrons. The molecule has 2 amide bonds. The van der Waals surface area contributed by atoms with Gasteiger partial charge in [-0.3, -0.25) is 9.59 Å². The van der Waals surface area contributed by atoms with E-state index in [-0.39, 0.29) is 24.5 Å². The van der Waals surface area contributed by atoms with Crippen LogP contribution in [0.5, 0.6) is 0 Å².